The van der Waals surface area contributed by atoms with Crippen LogP contribution in [0.15, 0.2) is 48.8 Å². The molecule has 1 aromatic carbocycles. The lowest BCUT2D eigenvalue weighted by Crippen LogP contribution is -2.28. The molecule has 116 valence electrons. The fourth-order valence-electron chi connectivity index (χ4n) is 2.89. The van der Waals surface area contributed by atoms with Crippen molar-refractivity contribution >= 4 is 0 Å². The summed E-state index contributed by atoms with van der Waals surface area (Å²) < 4.78 is 5.99. The average Bonchev–Trinajstić information content (AvgIpc) is 2.85. The Labute approximate surface area is 131 Å². The molecule has 2 N–H and O–H groups in total. The highest BCUT2D eigenvalue weighted by Crippen LogP contribution is 2.24. The number of rotatable bonds is 5. The summed E-state index contributed by atoms with van der Waals surface area (Å²) in [4.78, 5) is 6.52. The van der Waals surface area contributed by atoms with E-state index in [2.05, 4.69) is 28.9 Å². The summed E-state index contributed by atoms with van der Waals surface area (Å²) in [5.41, 5.74) is 8.41. The van der Waals surface area contributed by atoms with Gasteiger partial charge in [-0.3, -0.25) is 9.88 Å². The molecular weight excluding hydrogens is 274 g/mol. The Bertz CT molecular complexity index is 592. The standard InChI is InChI=1S/C18H23N3O/c1-14-10-21(12-17(14)19)11-16-6-2-3-7-18(16)22-13-15-5-4-8-20-9-15/h2-9,14,17H,10-13,19H2,1H3. The Balaban J connectivity index is 1.65. The van der Waals surface area contributed by atoms with Crippen LogP contribution in [-0.4, -0.2) is 29.0 Å². The van der Waals surface area contributed by atoms with Crippen LogP contribution in [-0.2, 0) is 13.2 Å². The van der Waals surface area contributed by atoms with Crippen molar-refractivity contribution < 1.29 is 4.74 Å². The lowest BCUT2D eigenvalue weighted by molar-refractivity contribution is 0.282. The molecule has 4 nitrogen and oxygen atoms in total. The summed E-state index contributed by atoms with van der Waals surface area (Å²) >= 11 is 0. The zero-order valence-corrected chi connectivity index (χ0v) is 13.0. The minimum Gasteiger partial charge on any atom is -0.489 e. The van der Waals surface area contributed by atoms with Crippen molar-refractivity contribution in [2.75, 3.05) is 13.1 Å². The van der Waals surface area contributed by atoms with Crippen LogP contribution in [0.1, 0.15) is 18.1 Å². The number of hydrogen-bond acceptors (Lipinski definition) is 4. The third kappa shape index (κ3) is 3.64. The molecule has 4 heteroatoms. The molecule has 2 unspecified atom stereocenters. The zero-order valence-electron chi connectivity index (χ0n) is 13.0. The van der Waals surface area contributed by atoms with Gasteiger partial charge in [0, 0.05) is 49.2 Å². The quantitative estimate of drug-likeness (QED) is 0.921. The van der Waals surface area contributed by atoms with E-state index >= 15 is 0 Å². The summed E-state index contributed by atoms with van der Waals surface area (Å²) in [6, 6.07) is 12.5. The molecule has 1 aromatic heterocycles. The molecule has 22 heavy (non-hydrogen) atoms. The van der Waals surface area contributed by atoms with Gasteiger partial charge in [0.1, 0.15) is 12.4 Å². The highest BCUT2D eigenvalue weighted by atomic mass is 16.5. The third-order valence-electron chi connectivity index (χ3n) is 4.23. The van der Waals surface area contributed by atoms with Gasteiger partial charge in [0.2, 0.25) is 0 Å². The van der Waals surface area contributed by atoms with Gasteiger partial charge in [-0.15, -0.1) is 0 Å². The van der Waals surface area contributed by atoms with Crippen LogP contribution in [0.3, 0.4) is 0 Å². The molecule has 0 aliphatic carbocycles. The summed E-state index contributed by atoms with van der Waals surface area (Å²) in [6.45, 7) is 5.66. The summed E-state index contributed by atoms with van der Waals surface area (Å²) in [5.74, 6) is 1.50. The van der Waals surface area contributed by atoms with Gasteiger partial charge in [0.25, 0.3) is 0 Å². The van der Waals surface area contributed by atoms with Gasteiger partial charge in [-0.25, -0.2) is 0 Å². The van der Waals surface area contributed by atoms with Crippen LogP contribution in [0.5, 0.6) is 5.75 Å². The second kappa shape index (κ2) is 6.90. The van der Waals surface area contributed by atoms with Gasteiger partial charge < -0.3 is 10.5 Å². The first-order valence-corrected chi connectivity index (χ1v) is 7.80. The molecule has 0 spiro atoms. The monoisotopic (exact) mass is 297 g/mol. The number of nitrogens with zero attached hydrogens (tertiary/aromatic N) is 2. The molecule has 0 saturated carbocycles. The number of ether oxygens (including phenoxy) is 1. The number of aromatic nitrogens is 1. The maximum Gasteiger partial charge on any atom is 0.124 e. The lowest BCUT2D eigenvalue weighted by Gasteiger charge is -2.18. The lowest BCUT2D eigenvalue weighted by atomic mass is 10.1. The Morgan fingerprint density at radius 3 is 2.82 bits per heavy atom. The smallest absolute Gasteiger partial charge is 0.124 e. The Morgan fingerprint density at radius 1 is 1.23 bits per heavy atom. The molecule has 3 rings (SSSR count). The van der Waals surface area contributed by atoms with E-state index in [0.29, 0.717) is 12.5 Å². The van der Waals surface area contributed by atoms with E-state index in [1.165, 1.54) is 5.56 Å². The molecular formula is C18H23N3O. The van der Waals surface area contributed by atoms with Gasteiger partial charge in [-0.1, -0.05) is 31.2 Å². The second-order valence-corrected chi connectivity index (χ2v) is 6.09. The first-order valence-electron chi connectivity index (χ1n) is 7.80. The van der Waals surface area contributed by atoms with E-state index in [1.807, 2.05) is 30.5 Å². The van der Waals surface area contributed by atoms with Crippen molar-refractivity contribution in [2.45, 2.75) is 26.1 Å². The van der Waals surface area contributed by atoms with Gasteiger partial charge in [0.15, 0.2) is 0 Å². The maximum absolute atomic E-state index is 6.12. The molecule has 0 amide bonds. The Morgan fingerprint density at radius 2 is 2.09 bits per heavy atom. The van der Waals surface area contributed by atoms with E-state index in [1.54, 1.807) is 6.20 Å². The summed E-state index contributed by atoms with van der Waals surface area (Å²) in [6.07, 6.45) is 3.61. The third-order valence-corrected chi connectivity index (χ3v) is 4.23. The zero-order chi connectivity index (χ0) is 15.4. The van der Waals surface area contributed by atoms with Crippen molar-refractivity contribution in [1.82, 2.24) is 9.88 Å². The van der Waals surface area contributed by atoms with E-state index in [9.17, 15) is 0 Å². The van der Waals surface area contributed by atoms with Crippen molar-refractivity contribution in [2.24, 2.45) is 11.7 Å². The number of nitrogens with two attached hydrogens (primary N) is 1. The van der Waals surface area contributed by atoms with E-state index in [4.69, 9.17) is 10.5 Å². The van der Waals surface area contributed by atoms with E-state index < -0.39 is 0 Å². The highest BCUT2D eigenvalue weighted by molar-refractivity contribution is 5.33. The van der Waals surface area contributed by atoms with Crippen LogP contribution in [0, 0.1) is 5.92 Å². The predicted molar refractivity (Wildman–Crippen MR) is 87.4 cm³/mol. The highest BCUT2D eigenvalue weighted by Gasteiger charge is 2.26. The predicted octanol–water partition coefficient (Wildman–Crippen LogP) is 2.44. The fraction of sp³-hybridized carbons (Fsp3) is 0.389. The number of benzene rings is 1. The second-order valence-electron chi connectivity index (χ2n) is 6.09. The molecule has 1 saturated heterocycles. The summed E-state index contributed by atoms with van der Waals surface area (Å²) in [7, 11) is 0. The van der Waals surface area contributed by atoms with Crippen molar-refractivity contribution in [1.29, 1.82) is 0 Å². The molecule has 1 aliphatic heterocycles. The normalized spacial score (nSPS) is 21.9. The van der Waals surface area contributed by atoms with Crippen molar-refractivity contribution in [3.63, 3.8) is 0 Å². The van der Waals surface area contributed by atoms with E-state index in [-0.39, 0.29) is 6.04 Å². The van der Waals surface area contributed by atoms with Crippen LogP contribution < -0.4 is 10.5 Å². The van der Waals surface area contributed by atoms with Gasteiger partial charge in [-0.05, 0) is 18.1 Å². The molecule has 2 atom stereocenters. The first-order chi connectivity index (χ1) is 10.7. The van der Waals surface area contributed by atoms with Crippen molar-refractivity contribution in [3.8, 4) is 5.75 Å². The summed E-state index contributed by atoms with van der Waals surface area (Å²) in [5, 5.41) is 0. The minimum atomic E-state index is 0.281. The molecule has 1 fully saturated rings. The molecule has 2 aromatic rings. The van der Waals surface area contributed by atoms with Crippen LogP contribution in [0.4, 0.5) is 0 Å². The first kappa shape index (κ1) is 15.0. The Hall–Kier alpha value is -1.91. The van der Waals surface area contributed by atoms with Crippen LogP contribution in [0.25, 0.3) is 0 Å². The van der Waals surface area contributed by atoms with Crippen LogP contribution in [0.2, 0.25) is 0 Å². The average molecular weight is 297 g/mol. The Kier molecular flexibility index (Phi) is 4.71. The van der Waals surface area contributed by atoms with Crippen molar-refractivity contribution in [3.05, 3.63) is 59.9 Å². The maximum atomic E-state index is 6.12. The van der Waals surface area contributed by atoms with Gasteiger partial charge in [0.05, 0.1) is 0 Å². The number of pyridine rings is 1. The topological polar surface area (TPSA) is 51.4 Å². The molecule has 2 heterocycles. The van der Waals surface area contributed by atoms with Gasteiger partial charge >= 0.3 is 0 Å². The van der Waals surface area contributed by atoms with Gasteiger partial charge in [-0.2, -0.15) is 0 Å². The largest absolute Gasteiger partial charge is 0.489 e. The number of likely N-dealkylation sites (tertiary alicyclic amines) is 1. The van der Waals surface area contributed by atoms with E-state index in [0.717, 1.165) is 30.9 Å². The molecule has 0 bridgehead atoms. The number of para-hydroxylation sites is 1. The number of hydrogen-bond donors (Lipinski definition) is 1. The minimum absolute atomic E-state index is 0.281. The molecule has 0 radical (unpaired) electrons. The SMILES string of the molecule is CC1CN(Cc2ccccc2OCc2cccnc2)CC1N. The molecule has 1 aliphatic rings. The van der Waals surface area contributed by atoms with Crippen LogP contribution >= 0.6 is 0 Å². The fourth-order valence-corrected chi connectivity index (χ4v) is 2.89.